The van der Waals surface area contributed by atoms with Gasteiger partial charge in [0.25, 0.3) is 0 Å². The molecule has 0 aliphatic heterocycles. The number of likely N-dealkylation sites (N-methyl/N-ethyl adjacent to an activating group) is 1. The van der Waals surface area contributed by atoms with Crippen molar-refractivity contribution in [3.05, 3.63) is 0 Å². The van der Waals surface area contributed by atoms with Gasteiger partial charge < -0.3 is 20.7 Å². The van der Waals surface area contributed by atoms with Gasteiger partial charge in [-0.25, -0.2) is 0 Å². The number of nitrogens with two attached hydrogens (primary N) is 1. The Labute approximate surface area is 91.9 Å². The molecule has 0 saturated heterocycles. The Morgan fingerprint density at radius 3 is 2.80 bits per heavy atom. The summed E-state index contributed by atoms with van der Waals surface area (Å²) >= 11 is 0. The monoisotopic (exact) mass is 217 g/mol. The second-order valence-corrected chi connectivity index (χ2v) is 3.57. The van der Waals surface area contributed by atoms with Crippen LogP contribution in [0.5, 0.6) is 0 Å². The van der Waals surface area contributed by atoms with Gasteiger partial charge >= 0.3 is 0 Å². The van der Waals surface area contributed by atoms with Gasteiger partial charge in [0, 0.05) is 26.8 Å². The molecular weight excluding hydrogens is 194 g/mol. The number of ether oxygens (including phenoxy) is 1. The fourth-order valence-corrected chi connectivity index (χ4v) is 1.04. The molecule has 90 valence electrons. The van der Waals surface area contributed by atoms with Gasteiger partial charge in [0.05, 0.1) is 6.04 Å². The zero-order valence-corrected chi connectivity index (χ0v) is 9.95. The van der Waals surface area contributed by atoms with Gasteiger partial charge in [-0.05, 0) is 20.0 Å². The lowest BCUT2D eigenvalue weighted by molar-refractivity contribution is -0.122. The van der Waals surface area contributed by atoms with Crippen LogP contribution in [0.2, 0.25) is 0 Å². The van der Waals surface area contributed by atoms with E-state index in [1.54, 1.807) is 7.11 Å². The smallest absolute Gasteiger partial charge is 0.237 e. The number of hydrogen-bond acceptors (Lipinski definition) is 4. The molecule has 0 aromatic rings. The van der Waals surface area contributed by atoms with Crippen LogP contribution in [0.25, 0.3) is 0 Å². The second-order valence-electron chi connectivity index (χ2n) is 3.57. The number of nitrogens with zero attached hydrogens (tertiary/aromatic N) is 1. The van der Waals surface area contributed by atoms with E-state index in [1.807, 2.05) is 7.05 Å². The van der Waals surface area contributed by atoms with E-state index in [1.165, 1.54) is 0 Å². The average Bonchev–Trinajstić information content (AvgIpc) is 2.25. The molecule has 0 spiro atoms. The zero-order chi connectivity index (χ0) is 11.7. The van der Waals surface area contributed by atoms with Crippen LogP contribution >= 0.6 is 0 Å². The molecule has 5 heteroatoms. The Morgan fingerprint density at radius 1 is 1.60 bits per heavy atom. The highest BCUT2D eigenvalue weighted by Gasteiger charge is 2.11. The third-order valence-corrected chi connectivity index (χ3v) is 2.30. The summed E-state index contributed by atoms with van der Waals surface area (Å²) in [4.78, 5) is 13.5. The molecule has 1 amide bonds. The summed E-state index contributed by atoms with van der Waals surface area (Å²) in [6, 6.07) is -0.461. The fraction of sp³-hybridized carbons (Fsp3) is 0.900. The lowest BCUT2D eigenvalue weighted by Gasteiger charge is -2.16. The van der Waals surface area contributed by atoms with Crippen LogP contribution in [-0.2, 0) is 9.53 Å². The first kappa shape index (κ1) is 14.3. The molecule has 0 aliphatic carbocycles. The molecule has 0 bridgehead atoms. The van der Waals surface area contributed by atoms with Crippen molar-refractivity contribution in [2.45, 2.75) is 19.4 Å². The van der Waals surface area contributed by atoms with Gasteiger partial charge in [0.2, 0.25) is 5.91 Å². The molecule has 15 heavy (non-hydrogen) atoms. The van der Waals surface area contributed by atoms with Gasteiger partial charge in [0.15, 0.2) is 0 Å². The van der Waals surface area contributed by atoms with Crippen molar-refractivity contribution in [1.82, 2.24) is 10.2 Å². The molecule has 1 unspecified atom stereocenters. The Balaban J connectivity index is 3.55. The number of methoxy groups -OCH3 is 1. The molecule has 0 radical (unpaired) electrons. The fourth-order valence-electron chi connectivity index (χ4n) is 1.04. The molecular formula is C10H23N3O2. The number of nitrogens with one attached hydrogen (secondary N) is 1. The van der Waals surface area contributed by atoms with Crippen LogP contribution in [-0.4, -0.2) is 57.2 Å². The summed E-state index contributed by atoms with van der Waals surface area (Å²) < 4.78 is 4.85. The SMILES string of the molecule is CCN(C)CCNC(=O)C(N)CCOC. The molecule has 0 aromatic heterocycles. The summed E-state index contributed by atoms with van der Waals surface area (Å²) in [5.74, 6) is -0.100. The first-order valence-electron chi connectivity index (χ1n) is 5.32. The van der Waals surface area contributed by atoms with Gasteiger partial charge in [-0.15, -0.1) is 0 Å². The van der Waals surface area contributed by atoms with Gasteiger partial charge in [-0.3, -0.25) is 4.79 Å². The quantitative estimate of drug-likeness (QED) is 0.571. The summed E-state index contributed by atoms with van der Waals surface area (Å²) in [5.41, 5.74) is 5.65. The number of carbonyl (C=O) groups excluding carboxylic acids is 1. The van der Waals surface area contributed by atoms with Crippen molar-refractivity contribution < 1.29 is 9.53 Å². The van der Waals surface area contributed by atoms with Crippen LogP contribution in [0, 0.1) is 0 Å². The molecule has 0 aliphatic rings. The third kappa shape index (κ3) is 7.30. The number of hydrogen-bond donors (Lipinski definition) is 2. The second kappa shape index (κ2) is 8.64. The lowest BCUT2D eigenvalue weighted by atomic mass is 10.2. The number of carbonyl (C=O) groups is 1. The molecule has 0 heterocycles. The minimum atomic E-state index is -0.461. The van der Waals surface area contributed by atoms with Crippen LogP contribution < -0.4 is 11.1 Å². The van der Waals surface area contributed by atoms with E-state index in [0.29, 0.717) is 19.6 Å². The van der Waals surface area contributed by atoms with Crippen LogP contribution in [0.3, 0.4) is 0 Å². The largest absolute Gasteiger partial charge is 0.385 e. The summed E-state index contributed by atoms with van der Waals surface area (Å²) in [7, 11) is 3.61. The maximum absolute atomic E-state index is 11.4. The van der Waals surface area contributed by atoms with Crippen LogP contribution in [0.1, 0.15) is 13.3 Å². The minimum absolute atomic E-state index is 0.100. The number of amides is 1. The van der Waals surface area contributed by atoms with Crippen molar-refractivity contribution in [1.29, 1.82) is 0 Å². The average molecular weight is 217 g/mol. The minimum Gasteiger partial charge on any atom is -0.385 e. The normalized spacial score (nSPS) is 12.9. The van der Waals surface area contributed by atoms with E-state index in [4.69, 9.17) is 10.5 Å². The maximum Gasteiger partial charge on any atom is 0.237 e. The van der Waals surface area contributed by atoms with Crippen molar-refractivity contribution in [3.8, 4) is 0 Å². The Hall–Kier alpha value is -0.650. The van der Waals surface area contributed by atoms with E-state index in [0.717, 1.165) is 13.1 Å². The van der Waals surface area contributed by atoms with E-state index in [9.17, 15) is 4.79 Å². The maximum atomic E-state index is 11.4. The van der Waals surface area contributed by atoms with Crippen molar-refractivity contribution >= 4 is 5.91 Å². The van der Waals surface area contributed by atoms with Crippen molar-refractivity contribution in [2.75, 3.05) is 40.4 Å². The number of rotatable bonds is 8. The molecule has 3 N–H and O–H groups in total. The molecule has 0 aromatic carbocycles. The van der Waals surface area contributed by atoms with Crippen LogP contribution in [0.15, 0.2) is 0 Å². The highest BCUT2D eigenvalue weighted by atomic mass is 16.5. The zero-order valence-electron chi connectivity index (χ0n) is 9.95. The van der Waals surface area contributed by atoms with Crippen molar-refractivity contribution in [3.63, 3.8) is 0 Å². The summed E-state index contributed by atoms with van der Waals surface area (Å²) in [6.45, 7) is 5.06. The Morgan fingerprint density at radius 2 is 2.27 bits per heavy atom. The molecule has 0 fully saturated rings. The first-order valence-corrected chi connectivity index (χ1v) is 5.32. The highest BCUT2D eigenvalue weighted by Crippen LogP contribution is 1.88. The van der Waals surface area contributed by atoms with Gasteiger partial charge in [-0.1, -0.05) is 6.92 Å². The summed E-state index contributed by atoms with van der Waals surface area (Å²) in [6.07, 6.45) is 0.561. The molecule has 0 rings (SSSR count). The molecule has 0 saturated carbocycles. The van der Waals surface area contributed by atoms with Crippen molar-refractivity contribution in [2.24, 2.45) is 5.73 Å². The van der Waals surface area contributed by atoms with E-state index in [-0.39, 0.29) is 5.91 Å². The van der Waals surface area contributed by atoms with Crippen LogP contribution in [0.4, 0.5) is 0 Å². The first-order chi connectivity index (χ1) is 7.11. The molecule has 1 atom stereocenters. The predicted molar refractivity (Wildman–Crippen MR) is 60.6 cm³/mol. The van der Waals surface area contributed by atoms with Gasteiger partial charge in [0.1, 0.15) is 0 Å². The Bertz CT molecular complexity index is 176. The topological polar surface area (TPSA) is 67.6 Å². The summed E-state index contributed by atoms with van der Waals surface area (Å²) in [5, 5.41) is 2.80. The van der Waals surface area contributed by atoms with E-state index < -0.39 is 6.04 Å². The van der Waals surface area contributed by atoms with Gasteiger partial charge in [-0.2, -0.15) is 0 Å². The molecule has 5 nitrogen and oxygen atoms in total. The Kier molecular flexibility index (Phi) is 8.27. The standard InChI is InChI=1S/C10H23N3O2/c1-4-13(2)7-6-12-10(14)9(11)5-8-15-3/h9H,4-8,11H2,1-3H3,(H,12,14). The highest BCUT2D eigenvalue weighted by molar-refractivity contribution is 5.81. The van der Waals surface area contributed by atoms with E-state index in [2.05, 4.69) is 17.1 Å². The lowest BCUT2D eigenvalue weighted by Crippen LogP contribution is -2.43. The van der Waals surface area contributed by atoms with E-state index >= 15 is 0 Å². The predicted octanol–water partition coefficient (Wildman–Crippen LogP) is -0.582. The third-order valence-electron chi connectivity index (χ3n) is 2.30.